The van der Waals surface area contributed by atoms with Crippen molar-refractivity contribution < 1.29 is 24.2 Å². The largest absolute Gasteiger partial charge is 0.462 e. The summed E-state index contributed by atoms with van der Waals surface area (Å²) in [6.07, 6.45) is 2.01. The molecule has 126 valence electrons. The molecule has 0 bridgehead atoms. The van der Waals surface area contributed by atoms with E-state index in [-0.39, 0.29) is 13.2 Å². The summed E-state index contributed by atoms with van der Waals surface area (Å²) in [5, 5.41) is 15.9. The Morgan fingerprint density at radius 3 is 2.65 bits per heavy atom. The minimum absolute atomic E-state index is 0.237. The van der Waals surface area contributed by atoms with Gasteiger partial charge >= 0.3 is 17.8 Å². The number of rotatable bonds is 6. The van der Waals surface area contributed by atoms with E-state index in [4.69, 9.17) is 9.84 Å². The zero-order valence-electron chi connectivity index (χ0n) is 13.0. The highest BCUT2D eigenvalue weighted by Gasteiger charge is 2.32. The molecular weight excluding hydrogens is 320 g/mol. The van der Waals surface area contributed by atoms with Crippen molar-refractivity contribution in [2.75, 3.05) is 18.5 Å². The minimum Gasteiger partial charge on any atom is -0.462 e. The van der Waals surface area contributed by atoms with Gasteiger partial charge in [-0.05, 0) is 43.6 Å². The van der Waals surface area contributed by atoms with Crippen molar-refractivity contribution in [3.63, 3.8) is 0 Å². The number of carbonyl (C=O) groups is 3. The molecule has 0 saturated heterocycles. The maximum Gasteiger partial charge on any atom is 0.341 e. The molecule has 1 aliphatic rings. The number of hydrogen-bond acceptors (Lipinski definition) is 6. The van der Waals surface area contributed by atoms with E-state index in [2.05, 4.69) is 10.6 Å². The second-order valence-corrected chi connectivity index (χ2v) is 6.28. The Hall–Kier alpha value is -1.93. The van der Waals surface area contributed by atoms with Crippen LogP contribution in [0.3, 0.4) is 0 Å². The van der Waals surface area contributed by atoms with Crippen LogP contribution in [0, 0.1) is 0 Å². The summed E-state index contributed by atoms with van der Waals surface area (Å²) < 4.78 is 5.05. The molecule has 0 aliphatic heterocycles. The van der Waals surface area contributed by atoms with Crippen molar-refractivity contribution in [1.29, 1.82) is 0 Å². The second kappa shape index (κ2) is 7.56. The van der Waals surface area contributed by atoms with E-state index >= 15 is 0 Å². The molecule has 1 saturated carbocycles. The van der Waals surface area contributed by atoms with Gasteiger partial charge in [-0.15, -0.1) is 11.3 Å². The maximum absolute atomic E-state index is 12.2. The van der Waals surface area contributed by atoms with E-state index in [9.17, 15) is 14.4 Å². The lowest BCUT2D eigenvalue weighted by Crippen LogP contribution is -2.42. The standard InChI is InChI=1S/C15H20N2O5S/c1-3-22-15(21)11-10(9-4-5-9)7-23-14(11)17-13(20)12(19)16-8(2)6-18/h7-9,18H,3-6H2,1-2H3,(H,16,19)(H,17,20)/t8-/m1/s1. The number of nitrogens with one attached hydrogen (secondary N) is 2. The summed E-state index contributed by atoms with van der Waals surface area (Å²) in [5.41, 5.74) is 1.21. The number of amides is 2. The van der Waals surface area contributed by atoms with Gasteiger partial charge in [0.25, 0.3) is 0 Å². The third kappa shape index (κ3) is 4.29. The van der Waals surface area contributed by atoms with Gasteiger partial charge < -0.3 is 20.5 Å². The molecule has 1 heterocycles. The summed E-state index contributed by atoms with van der Waals surface area (Å²) in [6, 6.07) is -0.525. The summed E-state index contributed by atoms with van der Waals surface area (Å²) in [5.74, 6) is -1.91. The van der Waals surface area contributed by atoms with E-state index in [0.717, 1.165) is 18.4 Å². The van der Waals surface area contributed by atoms with Gasteiger partial charge in [0.2, 0.25) is 0 Å². The average molecular weight is 340 g/mol. The first kappa shape index (κ1) is 17.4. The smallest absolute Gasteiger partial charge is 0.341 e. The number of hydrogen-bond donors (Lipinski definition) is 3. The number of aliphatic hydroxyl groups excluding tert-OH is 1. The number of aliphatic hydroxyl groups is 1. The Labute approximate surface area is 138 Å². The van der Waals surface area contributed by atoms with Crippen molar-refractivity contribution >= 4 is 34.1 Å². The highest BCUT2D eigenvalue weighted by Crippen LogP contribution is 2.46. The average Bonchev–Trinajstić information content (AvgIpc) is 3.28. The van der Waals surface area contributed by atoms with E-state index in [1.54, 1.807) is 13.8 Å². The predicted octanol–water partition coefficient (Wildman–Crippen LogP) is 1.24. The molecule has 1 aromatic rings. The van der Waals surface area contributed by atoms with Gasteiger partial charge in [0.1, 0.15) is 5.00 Å². The van der Waals surface area contributed by atoms with Crippen LogP contribution in [-0.2, 0) is 14.3 Å². The third-order valence-electron chi connectivity index (χ3n) is 3.40. The van der Waals surface area contributed by atoms with E-state index in [1.807, 2.05) is 5.38 Å². The molecule has 1 aliphatic carbocycles. The van der Waals surface area contributed by atoms with E-state index < -0.39 is 23.8 Å². The Morgan fingerprint density at radius 1 is 1.39 bits per heavy atom. The van der Waals surface area contributed by atoms with Gasteiger partial charge in [0.15, 0.2) is 0 Å². The Balaban J connectivity index is 2.14. The molecule has 2 rings (SSSR count). The SMILES string of the molecule is CCOC(=O)c1c(C2CC2)csc1NC(=O)C(=O)N[C@H](C)CO. The Bertz CT molecular complexity index is 609. The quantitative estimate of drug-likeness (QED) is 0.534. The Kier molecular flexibility index (Phi) is 5.73. The van der Waals surface area contributed by atoms with Gasteiger partial charge in [-0.25, -0.2) is 4.79 Å². The van der Waals surface area contributed by atoms with Crippen LogP contribution < -0.4 is 10.6 Å². The second-order valence-electron chi connectivity index (χ2n) is 5.40. The molecule has 8 heteroatoms. The first-order chi connectivity index (χ1) is 11.0. The third-order valence-corrected chi connectivity index (χ3v) is 4.31. The lowest BCUT2D eigenvalue weighted by atomic mass is 10.1. The van der Waals surface area contributed by atoms with Gasteiger partial charge in [-0.2, -0.15) is 0 Å². The van der Waals surface area contributed by atoms with Gasteiger partial charge in [-0.1, -0.05) is 0 Å². The van der Waals surface area contributed by atoms with Crippen molar-refractivity contribution in [1.82, 2.24) is 5.32 Å². The van der Waals surface area contributed by atoms with Crippen LogP contribution in [0.25, 0.3) is 0 Å². The molecule has 0 spiro atoms. The molecule has 2 amide bonds. The number of anilines is 1. The molecule has 3 N–H and O–H groups in total. The molecule has 1 fully saturated rings. The lowest BCUT2D eigenvalue weighted by Gasteiger charge is -2.11. The van der Waals surface area contributed by atoms with Crippen LogP contribution in [0.2, 0.25) is 0 Å². The topological polar surface area (TPSA) is 105 Å². The van der Waals surface area contributed by atoms with Crippen LogP contribution in [-0.4, -0.2) is 42.1 Å². The van der Waals surface area contributed by atoms with Gasteiger partial charge in [-0.3, -0.25) is 9.59 Å². The molecule has 1 aromatic heterocycles. The normalized spacial score (nSPS) is 14.9. The lowest BCUT2D eigenvalue weighted by molar-refractivity contribution is -0.136. The van der Waals surface area contributed by atoms with Crippen LogP contribution in [0.1, 0.15) is 48.5 Å². The highest BCUT2D eigenvalue weighted by atomic mass is 32.1. The molecular formula is C15H20N2O5S. The number of ether oxygens (including phenoxy) is 1. The summed E-state index contributed by atoms with van der Waals surface area (Å²) in [7, 11) is 0. The predicted molar refractivity (Wildman–Crippen MR) is 85.6 cm³/mol. The van der Waals surface area contributed by atoms with Crippen LogP contribution in [0.5, 0.6) is 0 Å². The number of carbonyl (C=O) groups excluding carboxylic acids is 3. The fourth-order valence-electron chi connectivity index (χ4n) is 2.07. The zero-order chi connectivity index (χ0) is 17.0. The molecule has 0 radical (unpaired) electrons. The number of thiophene rings is 1. The highest BCUT2D eigenvalue weighted by molar-refractivity contribution is 7.15. The summed E-state index contributed by atoms with van der Waals surface area (Å²) in [6.45, 7) is 3.26. The molecule has 0 aromatic carbocycles. The van der Waals surface area contributed by atoms with Crippen LogP contribution in [0.15, 0.2) is 5.38 Å². The minimum atomic E-state index is -0.875. The molecule has 23 heavy (non-hydrogen) atoms. The maximum atomic E-state index is 12.2. The van der Waals surface area contributed by atoms with Crippen molar-refractivity contribution in [2.45, 2.75) is 38.6 Å². The first-order valence-electron chi connectivity index (χ1n) is 7.49. The molecule has 1 atom stereocenters. The monoisotopic (exact) mass is 340 g/mol. The van der Waals surface area contributed by atoms with Crippen molar-refractivity contribution in [3.05, 3.63) is 16.5 Å². The summed E-state index contributed by atoms with van der Waals surface area (Å²) in [4.78, 5) is 35.8. The zero-order valence-corrected chi connectivity index (χ0v) is 13.9. The van der Waals surface area contributed by atoms with Crippen molar-refractivity contribution in [2.24, 2.45) is 0 Å². The van der Waals surface area contributed by atoms with Crippen LogP contribution >= 0.6 is 11.3 Å². The Morgan fingerprint density at radius 2 is 2.09 bits per heavy atom. The fourth-order valence-corrected chi connectivity index (χ4v) is 3.09. The van der Waals surface area contributed by atoms with E-state index in [0.29, 0.717) is 16.5 Å². The number of esters is 1. The summed E-state index contributed by atoms with van der Waals surface area (Å²) >= 11 is 1.21. The van der Waals surface area contributed by atoms with Gasteiger partial charge in [0.05, 0.1) is 18.8 Å². The van der Waals surface area contributed by atoms with Gasteiger partial charge in [0, 0.05) is 6.04 Å². The molecule has 7 nitrogen and oxygen atoms in total. The van der Waals surface area contributed by atoms with Crippen molar-refractivity contribution in [3.8, 4) is 0 Å². The van der Waals surface area contributed by atoms with E-state index in [1.165, 1.54) is 11.3 Å². The molecule has 0 unspecified atom stereocenters. The van der Waals surface area contributed by atoms with Crippen LogP contribution in [0.4, 0.5) is 5.00 Å². The first-order valence-corrected chi connectivity index (χ1v) is 8.37. The fraction of sp³-hybridized carbons (Fsp3) is 0.533.